The molecule has 2 bridgehead atoms. The molecule has 3 aliphatic heterocycles. The molecule has 0 aromatic carbocycles. The van der Waals surface area contributed by atoms with Crippen molar-refractivity contribution >= 4 is 5.97 Å². The highest BCUT2D eigenvalue weighted by Gasteiger charge is 2.88. The molecule has 3 spiro atoms. The smallest absolute Gasteiger partial charge is 0.303 e. The topological polar surface area (TPSA) is 144 Å². The summed E-state index contributed by atoms with van der Waals surface area (Å²) in [6.07, 6.45) is 1.72. The van der Waals surface area contributed by atoms with Crippen LogP contribution in [0.1, 0.15) is 107 Å². The predicted molar refractivity (Wildman–Crippen MR) is 168 cm³/mol. The summed E-state index contributed by atoms with van der Waals surface area (Å²) in [7, 11) is 0. The number of fused-ring (bicyclic) bond motifs is 4. The van der Waals surface area contributed by atoms with Crippen LogP contribution in [-0.4, -0.2) is 93.4 Å². The zero-order valence-corrected chi connectivity index (χ0v) is 29.5. The lowest BCUT2D eigenvalue weighted by Gasteiger charge is -2.63. The molecule has 10 heteroatoms. The zero-order valence-electron chi connectivity index (χ0n) is 29.5. The van der Waals surface area contributed by atoms with Crippen molar-refractivity contribution in [1.29, 1.82) is 0 Å². The van der Waals surface area contributed by atoms with Crippen LogP contribution in [0.4, 0.5) is 0 Å². The molecule has 17 atom stereocenters. The van der Waals surface area contributed by atoms with Crippen LogP contribution in [0.2, 0.25) is 0 Å². The molecular weight excluding hydrogens is 604 g/mol. The van der Waals surface area contributed by atoms with Gasteiger partial charge in [-0.1, -0.05) is 34.6 Å². The second-order valence-corrected chi connectivity index (χ2v) is 18.8. The molecule has 0 aromatic heterocycles. The summed E-state index contributed by atoms with van der Waals surface area (Å²) >= 11 is 0. The first-order valence-electron chi connectivity index (χ1n) is 18.4. The fraction of sp³-hybridized carbons (Fsp3) is 0.973. The first kappa shape index (κ1) is 33.3. The lowest BCUT2D eigenvalue weighted by Crippen LogP contribution is -2.61. The van der Waals surface area contributed by atoms with Crippen LogP contribution in [0.25, 0.3) is 0 Å². The number of carbonyl (C=O) groups excluding carboxylic acids is 1. The first-order chi connectivity index (χ1) is 21.8. The molecule has 5 saturated carbocycles. The zero-order chi connectivity index (χ0) is 33.9. The summed E-state index contributed by atoms with van der Waals surface area (Å²) in [5.41, 5.74) is -1.36. The lowest BCUT2D eigenvalue weighted by atomic mass is 9.41. The maximum atomic E-state index is 12.8. The lowest BCUT2D eigenvalue weighted by molar-refractivity contribution is -0.303. The molecule has 8 fully saturated rings. The minimum absolute atomic E-state index is 0.0329. The van der Waals surface area contributed by atoms with Gasteiger partial charge in [-0.15, -0.1) is 0 Å². The van der Waals surface area contributed by atoms with E-state index in [0.717, 1.165) is 51.4 Å². The van der Waals surface area contributed by atoms with Crippen molar-refractivity contribution in [3.8, 4) is 0 Å². The molecule has 266 valence electrons. The monoisotopic (exact) mass is 662 g/mol. The van der Waals surface area contributed by atoms with Crippen LogP contribution in [0.15, 0.2) is 0 Å². The highest BCUT2D eigenvalue weighted by atomic mass is 16.8. The Balaban J connectivity index is 1.09. The molecule has 4 N–H and O–H groups in total. The average Bonchev–Trinajstić information content (AvgIpc) is 3.49. The van der Waals surface area contributed by atoms with Crippen molar-refractivity contribution in [2.24, 2.45) is 50.7 Å². The van der Waals surface area contributed by atoms with Gasteiger partial charge in [0, 0.05) is 18.3 Å². The number of rotatable bonds is 4. The van der Waals surface area contributed by atoms with Gasteiger partial charge < -0.3 is 44.1 Å². The second-order valence-electron chi connectivity index (χ2n) is 18.8. The summed E-state index contributed by atoms with van der Waals surface area (Å²) in [4.78, 5) is 12.1. The van der Waals surface area contributed by atoms with Crippen molar-refractivity contribution < 1.29 is 48.9 Å². The van der Waals surface area contributed by atoms with E-state index in [2.05, 4.69) is 34.6 Å². The summed E-state index contributed by atoms with van der Waals surface area (Å²) in [5.74, 6) is -0.402. The molecule has 3 heterocycles. The largest absolute Gasteiger partial charge is 0.457 e. The summed E-state index contributed by atoms with van der Waals surface area (Å²) < 4.78 is 31.9. The number of hydrogen-bond donors (Lipinski definition) is 4. The first-order valence-corrected chi connectivity index (χ1v) is 18.4. The van der Waals surface area contributed by atoms with Crippen LogP contribution in [0.3, 0.4) is 0 Å². The fourth-order valence-electron chi connectivity index (χ4n) is 14.4. The van der Waals surface area contributed by atoms with Crippen LogP contribution in [0, 0.1) is 50.7 Å². The van der Waals surface area contributed by atoms with E-state index in [0.29, 0.717) is 11.8 Å². The van der Waals surface area contributed by atoms with Gasteiger partial charge in [0.2, 0.25) is 0 Å². The van der Waals surface area contributed by atoms with E-state index in [1.807, 2.05) is 13.8 Å². The predicted octanol–water partition coefficient (Wildman–Crippen LogP) is 3.69. The third-order valence-electron chi connectivity index (χ3n) is 16.3. The maximum absolute atomic E-state index is 12.8. The number of hydrogen-bond acceptors (Lipinski definition) is 10. The Labute approximate surface area is 279 Å². The van der Waals surface area contributed by atoms with Crippen molar-refractivity contribution in [3.05, 3.63) is 0 Å². The minimum Gasteiger partial charge on any atom is -0.457 e. The standard InChI is InChI=1S/C37H58O10/c1-18-15-21-28(32(5,6)45-19(2)38)47-37(46-21)27(18)33(7)13-14-36-17-35(36)12-11-24(44-29-26(41)25(40)20(39)16-43-29)31(3,4)22(35)9-10-23(36)34(33,8)30(37)42/h18,20-30,39-42H,9-17H2,1-8H3/t18-,20-,21-,22+,23+,24+,25+,26-,27-,28+,29+,30-,33-,34-,35-,36+,37+/m1/s1. The molecule has 0 aromatic rings. The molecule has 10 nitrogen and oxygen atoms in total. The Morgan fingerprint density at radius 1 is 0.894 bits per heavy atom. The van der Waals surface area contributed by atoms with Gasteiger partial charge in [0.1, 0.15) is 36.1 Å². The second kappa shape index (κ2) is 9.93. The van der Waals surface area contributed by atoms with Crippen LogP contribution < -0.4 is 0 Å². The number of carbonyl (C=O) groups is 1. The molecule has 8 rings (SSSR count). The van der Waals surface area contributed by atoms with Crippen molar-refractivity contribution in [2.45, 2.75) is 167 Å². The molecule has 3 saturated heterocycles. The normalized spacial score (nSPS) is 58.8. The van der Waals surface area contributed by atoms with Gasteiger partial charge in [0.15, 0.2) is 12.1 Å². The van der Waals surface area contributed by atoms with Gasteiger partial charge in [0.05, 0.1) is 18.8 Å². The molecule has 47 heavy (non-hydrogen) atoms. The third kappa shape index (κ3) is 3.88. The van der Waals surface area contributed by atoms with Crippen LogP contribution in [-0.2, 0) is 28.5 Å². The molecule has 5 aliphatic carbocycles. The SMILES string of the molecule is CC(=O)OC(C)(C)[C@H]1O[C@@]23O[C@@H]1C[C@@H](C)[C@@H]2[C@@]1(C)CC[C@@]24C[C@@]25CC[C@H](O[C@@H]2OC[C@@H](O)[C@H](O)[C@H]2O)C(C)(C)[C@@H]5CC[C@H]4[C@]1(C)[C@H]3O. The van der Waals surface area contributed by atoms with E-state index >= 15 is 0 Å². The van der Waals surface area contributed by atoms with Crippen LogP contribution in [0.5, 0.6) is 0 Å². The Bertz CT molecular complexity index is 1320. The molecule has 0 radical (unpaired) electrons. The quantitative estimate of drug-likeness (QED) is 0.260. The van der Waals surface area contributed by atoms with Gasteiger partial charge >= 0.3 is 5.97 Å². The number of aliphatic hydroxyl groups excluding tert-OH is 4. The van der Waals surface area contributed by atoms with E-state index < -0.39 is 53.6 Å². The molecule has 0 unspecified atom stereocenters. The van der Waals surface area contributed by atoms with Gasteiger partial charge in [-0.2, -0.15) is 0 Å². The molecule has 8 aliphatic rings. The van der Waals surface area contributed by atoms with Crippen molar-refractivity contribution in [1.82, 2.24) is 0 Å². The minimum atomic E-state index is -1.29. The maximum Gasteiger partial charge on any atom is 0.303 e. The van der Waals surface area contributed by atoms with E-state index in [4.69, 9.17) is 23.7 Å². The van der Waals surface area contributed by atoms with E-state index in [1.165, 1.54) is 6.92 Å². The highest BCUT2D eigenvalue weighted by molar-refractivity contribution is 5.66. The summed E-state index contributed by atoms with van der Waals surface area (Å²) in [6, 6.07) is 0. The summed E-state index contributed by atoms with van der Waals surface area (Å²) in [6.45, 7) is 16.8. The van der Waals surface area contributed by atoms with Gasteiger partial charge in [-0.3, -0.25) is 4.79 Å². The number of aliphatic hydroxyl groups is 4. The summed E-state index contributed by atoms with van der Waals surface area (Å²) in [5, 5.41) is 43.7. The third-order valence-corrected chi connectivity index (χ3v) is 16.3. The Kier molecular flexibility index (Phi) is 7.03. The Hall–Kier alpha value is -0.850. The van der Waals surface area contributed by atoms with E-state index in [1.54, 1.807) is 0 Å². The van der Waals surface area contributed by atoms with Crippen molar-refractivity contribution in [2.75, 3.05) is 6.61 Å². The van der Waals surface area contributed by atoms with Gasteiger partial charge in [0.25, 0.3) is 0 Å². The number of esters is 1. The van der Waals surface area contributed by atoms with Gasteiger partial charge in [-0.25, -0.2) is 0 Å². The highest BCUT2D eigenvalue weighted by Crippen LogP contribution is 2.90. The fourth-order valence-corrected chi connectivity index (χ4v) is 14.4. The van der Waals surface area contributed by atoms with Gasteiger partial charge in [-0.05, 0) is 105 Å². The van der Waals surface area contributed by atoms with Crippen LogP contribution >= 0.6 is 0 Å². The van der Waals surface area contributed by atoms with E-state index in [9.17, 15) is 25.2 Å². The molecular formula is C37H58O10. The Morgan fingerprint density at radius 3 is 2.28 bits per heavy atom. The van der Waals surface area contributed by atoms with Crippen molar-refractivity contribution in [3.63, 3.8) is 0 Å². The molecule has 0 amide bonds. The van der Waals surface area contributed by atoms with E-state index in [-0.39, 0.29) is 58.3 Å². The number of ether oxygens (including phenoxy) is 5. The Morgan fingerprint density at radius 2 is 1.57 bits per heavy atom. The average molecular weight is 663 g/mol.